The summed E-state index contributed by atoms with van der Waals surface area (Å²) >= 11 is 0. The Bertz CT molecular complexity index is 4090. The van der Waals surface area contributed by atoms with Crippen LogP contribution in [0.4, 0.5) is 17.1 Å². The molecular weight excluding hydrogens is 903 g/mol. The largest absolute Gasteiger partial charge is 0.310 e. The second kappa shape index (κ2) is 20.0. The van der Waals surface area contributed by atoms with Crippen LogP contribution >= 0.6 is 0 Å². The van der Waals surface area contributed by atoms with Gasteiger partial charge in [0.1, 0.15) is 0 Å². The maximum atomic E-state index is 2.43. The van der Waals surface area contributed by atoms with E-state index in [1.807, 2.05) is 0 Å². The maximum Gasteiger partial charge on any atom is 0.0540 e. The SMILES string of the molecule is c1ccc(-c2ccc(-c3ccc(N(c4ccc(-c5cccc(-c6ccccc6)c5-c5ccccc5)cc4)c4ccccc4-c4ccc5c(c4)c(-c4ccccc4)c(-c4ccccc4)c4ccccc45)cc3)cc2)cc1. The summed E-state index contributed by atoms with van der Waals surface area (Å²) in [5.41, 5.74) is 22.3. The van der Waals surface area contributed by atoms with E-state index in [0.717, 1.165) is 39.3 Å². The van der Waals surface area contributed by atoms with Crippen LogP contribution in [0.5, 0.6) is 0 Å². The number of hydrogen-bond acceptors (Lipinski definition) is 1. The lowest BCUT2D eigenvalue weighted by atomic mass is 9.84. The van der Waals surface area contributed by atoms with Gasteiger partial charge in [0, 0.05) is 16.9 Å². The van der Waals surface area contributed by atoms with Gasteiger partial charge >= 0.3 is 0 Å². The Labute approximate surface area is 439 Å². The standard InChI is InChI=1S/C74H51N/c1-6-21-52(22-7-1)53-37-39-54(40-38-53)55-41-46-62(47-42-55)75(63-48-43-57(44-49-63)66-35-20-34-65(56-23-8-2-9-24-56)72(66)58-25-10-3-11-26-58)71-36-19-18-31-64(71)61-45-50-68-67-32-16-17-33-69(67)73(59-27-12-4-13-28-59)74(70(68)51-61)60-29-14-5-15-30-60/h1-51H. The lowest BCUT2D eigenvalue weighted by molar-refractivity contribution is 1.28. The highest BCUT2D eigenvalue weighted by atomic mass is 15.1. The van der Waals surface area contributed by atoms with Crippen molar-refractivity contribution in [3.8, 4) is 89.0 Å². The van der Waals surface area contributed by atoms with Gasteiger partial charge in [0.15, 0.2) is 0 Å². The topological polar surface area (TPSA) is 3.24 Å². The van der Waals surface area contributed by atoms with Gasteiger partial charge in [-0.25, -0.2) is 0 Å². The smallest absolute Gasteiger partial charge is 0.0540 e. The summed E-state index contributed by atoms with van der Waals surface area (Å²) in [6.07, 6.45) is 0. The van der Waals surface area contributed by atoms with Crippen LogP contribution in [0.25, 0.3) is 111 Å². The number of benzene rings is 13. The maximum absolute atomic E-state index is 2.43. The van der Waals surface area contributed by atoms with Crippen molar-refractivity contribution in [1.29, 1.82) is 0 Å². The molecule has 0 aliphatic heterocycles. The molecule has 0 spiro atoms. The molecule has 0 heterocycles. The molecule has 13 aromatic rings. The average Bonchev–Trinajstić information content (AvgIpc) is 3.50. The van der Waals surface area contributed by atoms with Crippen LogP contribution in [0.1, 0.15) is 0 Å². The minimum absolute atomic E-state index is 1.06. The summed E-state index contributed by atoms with van der Waals surface area (Å²) in [5.74, 6) is 0. The van der Waals surface area contributed by atoms with Gasteiger partial charge in [-0.05, 0) is 141 Å². The van der Waals surface area contributed by atoms with Gasteiger partial charge in [-0.3, -0.25) is 0 Å². The van der Waals surface area contributed by atoms with E-state index in [1.165, 1.54) is 88.3 Å². The molecule has 0 saturated carbocycles. The fourth-order valence-electron chi connectivity index (χ4n) is 11.2. The molecule has 0 unspecified atom stereocenters. The van der Waals surface area contributed by atoms with Crippen molar-refractivity contribution in [3.63, 3.8) is 0 Å². The average molecular weight is 954 g/mol. The predicted octanol–water partition coefficient (Wildman–Crippen LogP) is 20.8. The van der Waals surface area contributed by atoms with Crippen molar-refractivity contribution in [2.75, 3.05) is 4.90 Å². The molecule has 1 nitrogen and oxygen atoms in total. The summed E-state index contributed by atoms with van der Waals surface area (Å²) < 4.78 is 0. The molecule has 13 rings (SSSR count). The van der Waals surface area contributed by atoms with E-state index in [4.69, 9.17) is 0 Å². The summed E-state index contributed by atoms with van der Waals surface area (Å²) in [5, 5.41) is 4.94. The van der Waals surface area contributed by atoms with Crippen molar-refractivity contribution in [1.82, 2.24) is 0 Å². The number of para-hydroxylation sites is 1. The molecule has 0 bridgehead atoms. The van der Waals surface area contributed by atoms with Gasteiger partial charge in [0.05, 0.1) is 5.69 Å². The minimum Gasteiger partial charge on any atom is -0.310 e. The number of anilines is 3. The van der Waals surface area contributed by atoms with Gasteiger partial charge in [0.25, 0.3) is 0 Å². The van der Waals surface area contributed by atoms with E-state index in [0.29, 0.717) is 0 Å². The quantitative estimate of drug-likeness (QED) is 0.117. The Morgan fingerprint density at radius 1 is 0.173 bits per heavy atom. The molecule has 0 aliphatic carbocycles. The van der Waals surface area contributed by atoms with Crippen molar-refractivity contribution in [2.45, 2.75) is 0 Å². The number of nitrogens with zero attached hydrogens (tertiary/aromatic N) is 1. The first kappa shape index (κ1) is 45.1. The predicted molar refractivity (Wildman–Crippen MR) is 320 cm³/mol. The van der Waals surface area contributed by atoms with E-state index in [1.54, 1.807) is 0 Å². The molecule has 75 heavy (non-hydrogen) atoms. The number of hydrogen-bond donors (Lipinski definition) is 0. The van der Waals surface area contributed by atoms with Crippen LogP contribution in [-0.4, -0.2) is 0 Å². The highest BCUT2D eigenvalue weighted by Gasteiger charge is 2.22. The van der Waals surface area contributed by atoms with Gasteiger partial charge in [-0.1, -0.05) is 273 Å². The molecule has 0 N–H and O–H groups in total. The molecule has 352 valence electrons. The fraction of sp³-hybridized carbons (Fsp3) is 0. The van der Waals surface area contributed by atoms with Crippen LogP contribution in [0.2, 0.25) is 0 Å². The zero-order valence-corrected chi connectivity index (χ0v) is 41.4. The highest BCUT2D eigenvalue weighted by molar-refractivity contribution is 6.22. The molecule has 0 saturated heterocycles. The third-order valence-corrected chi connectivity index (χ3v) is 14.7. The minimum atomic E-state index is 1.06. The highest BCUT2D eigenvalue weighted by Crippen LogP contribution is 2.48. The first-order chi connectivity index (χ1) is 37.2. The van der Waals surface area contributed by atoms with Crippen LogP contribution in [0.3, 0.4) is 0 Å². The lowest BCUT2D eigenvalue weighted by Gasteiger charge is -2.28. The zero-order valence-electron chi connectivity index (χ0n) is 41.4. The molecular formula is C74H51N. The molecule has 0 atom stereocenters. The van der Waals surface area contributed by atoms with Crippen LogP contribution in [0, 0.1) is 0 Å². The molecule has 0 amide bonds. The first-order valence-electron chi connectivity index (χ1n) is 25.8. The Balaban J connectivity index is 0.977. The molecule has 0 fully saturated rings. The Morgan fingerprint density at radius 2 is 0.507 bits per heavy atom. The Kier molecular flexibility index (Phi) is 12.0. The van der Waals surface area contributed by atoms with E-state index in [2.05, 4.69) is 314 Å². The van der Waals surface area contributed by atoms with Gasteiger partial charge in [0.2, 0.25) is 0 Å². The van der Waals surface area contributed by atoms with Crippen LogP contribution < -0.4 is 4.90 Å². The van der Waals surface area contributed by atoms with Crippen molar-refractivity contribution in [3.05, 3.63) is 309 Å². The molecule has 1 heteroatoms. The summed E-state index contributed by atoms with van der Waals surface area (Å²) in [6, 6.07) is 113. The summed E-state index contributed by atoms with van der Waals surface area (Å²) in [6.45, 7) is 0. The second-order valence-electron chi connectivity index (χ2n) is 19.1. The Morgan fingerprint density at radius 3 is 1.04 bits per heavy atom. The molecule has 13 aromatic carbocycles. The van der Waals surface area contributed by atoms with E-state index >= 15 is 0 Å². The van der Waals surface area contributed by atoms with Crippen molar-refractivity contribution < 1.29 is 0 Å². The summed E-state index contributed by atoms with van der Waals surface area (Å²) in [7, 11) is 0. The first-order valence-corrected chi connectivity index (χ1v) is 25.8. The number of fused-ring (bicyclic) bond motifs is 3. The third kappa shape index (κ3) is 8.67. The zero-order chi connectivity index (χ0) is 49.9. The normalized spacial score (nSPS) is 11.2. The van der Waals surface area contributed by atoms with E-state index in [9.17, 15) is 0 Å². The van der Waals surface area contributed by atoms with Gasteiger partial charge < -0.3 is 4.90 Å². The van der Waals surface area contributed by atoms with Gasteiger partial charge in [-0.15, -0.1) is 0 Å². The van der Waals surface area contributed by atoms with Crippen LogP contribution in [-0.2, 0) is 0 Å². The van der Waals surface area contributed by atoms with Gasteiger partial charge in [-0.2, -0.15) is 0 Å². The van der Waals surface area contributed by atoms with Crippen molar-refractivity contribution in [2.24, 2.45) is 0 Å². The van der Waals surface area contributed by atoms with Crippen molar-refractivity contribution >= 4 is 38.6 Å². The third-order valence-electron chi connectivity index (χ3n) is 14.7. The van der Waals surface area contributed by atoms with E-state index < -0.39 is 0 Å². The lowest BCUT2D eigenvalue weighted by Crippen LogP contribution is -2.11. The number of rotatable bonds is 11. The van der Waals surface area contributed by atoms with E-state index in [-0.39, 0.29) is 0 Å². The monoisotopic (exact) mass is 953 g/mol. The molecule has 0 aliphatic rings. The fourth-order valence-corrected chi connectivity index (χ4v) is 11.2. The summed E-state index contributed by atoms with van der Waals surface area (Å²) in [4.78, 5) is 2.43. The molecule has 0 radical (unpaired) electrons. The molecule has 0 aromatic heterocycles. The Hall–Kier alpha value is -9.82. The second-order valence-corrected chi connectivity index (χ2v) is 19.1. The van der Waals surface area contributed by atoms with Crippen LogP contribution in [0.15, 0.2) is 309 Å².